The van der Waals surface area contributed by atoms with Gasteiger partial charge in [-0.2, -0.15) is 0 Å². The molecule has 0 saturated heterocycles. The molecule has 0 unspecified atom stereocenters. The van der Waals surface area contributed by atoms with Gasteiger partial charge >= 0.3 is 0 Å². The smallest absolute Gasteiger partial charge is 0.126 e. The highest BCUT2D eigenvalue weighted by Gasteiger charge is 2.30. The summed E-state index contributed by atoms with van der Waals surface area (Å²) in [6.07, 6.45) is 8.04. The number of hydrogen-bond acceptors (Lipinski definition) is 1. The maximum absolute atomic E-state index is 5.83. The molecule has 108 valence electrons. The summed E-state index contributed by atoms with van der Waals surface area (Å²) in [5, 5.41) is 0. The van der Waals surface area contributed by atoms with Crippen LogP contribution in [0.4, 0.5) is 0 Å². The number of rotatable bonds is 4. The molecule has 0 N–H and O–H groups in total. The Balaban J connectivity index is 0.000000224. The Labute approximate surface area is 119 Å². The lowest BCUT2D eigenvalue weighted by molar-refractivity contribution is 0.137. The van der Waals surface area contributed by atoms with Crippen molar-refractivity contribution >= 4 is 0 Å². The molecule has 2 rings (SSSR count). The molecule has 0 spiro atoms. The Kier molecular flexibility index (Phi) is 6.41. The fraction of sp³-hybridized carbons (Fsp3) is 0.667. The summed E-state index contributed by atoms with van der Waals surface area (Å²) < 4.78 is 5.83. The van der Waals surface area contributed by atoms with Crippen LogP contribution in [0.2, 0.25) is 0 Å². The van der Waals surface area contributed by atoms with E-state index < -0.39 is 0 Å². The van der Waals surface area contributed by atoms with Crippen molar-refractivity contribution in [1.82, 2.24) is 0 Å². The van der Waals surface area contributed by atoms with Gasteiger partial charge < -0.3 is 4.74 Å². The zero-order valence-corrected chi connectivity index (χ0v) is 13.4. The van der Waals surface area contributed by atoms with Gasteiger partial charge in [0.2, 0.25) is 0 Å². The standard InChI is InChI=1S/C11H14O.C7H16/c1-8-5-4-6-9-7-11(2,3)12-10(8)9;1-3-5-7-6-4-2/h4-6H,7H2,1-3H3;3-7H2,1-2H3. The molecule has 0 atom stereocenters. The highest BCUT2D eigenvalue weighted by atomic mass is 16.5. The summed E-state index contributed by atoms with van der Waals surface area (Å²) >= 11 is 0. The van der Waals surface area contributed by atoms with Crippen LogP contribution in [-0.4, -0.2) is 5.60 Å². The van der Waals surface area contributed by atoms with E-state index in [0.29, 0.717) is 0 Å². The molecule has 0 saturated carbocycles. The summed E-state index contributed by atoms with van der Waals surface area (Å²) in [6, 6.07) is 6.34. The molecule has 1 aromatic rings. The van der Waals surface area contributed by atoms with Gasteiger partial charge in [-0.25, -0.2) is 0 Å². The fourth-order valence-corrected chi connectivity index (χ4v) is 2.45. The van der Waals surface area contributed by atoms with Crippen LogP contribution in [0.1, 0.15) is 70.9 Å². The number of hydrogen-bond donors (Lipinski definition) is 0. The topological polar surface area (TPSA) is 9.23 Å². The number of benzene rings is 1. The number of ether oxygens (including phenoxy) is 1. The first-order valence-electron chi connectivity index (χ1n) is 7.77. The minimum absolute atomic E-state index is 0.00551. The Hall–Kier alpha value is -0.980. The van der Waals surface area contributed by atoms with Gasteiger partial charge in [0.25, 0.3) is 0 Å². The molecule has 1 heterocycles. The van der Waals surface area contributed by atoms with Crippen molar-refractivity contribution in [1.29, 1.82) is 0 Å². The minimum Gasteiger partial charge on any atom is -0.487 e. The zero-order chi connectivity index (χ0) is 14.3. The normalized spacial score (nSPS) is 15.2. The van der Waals surface area contributed by atoms with Gasteiger partial charge in [0.05, 0.1) is 0 Å². The monoisotopic (exact) mass is 262 g/mol. The van der Waals surface area contributed by atoms with E-state index in [4.69, 9.17) is 4.74 Å². The first kappa shape index (κ1) is 16.1. The van der Waals surface area contributed by atoms with Crippen molar-refractivity contribution in [2.45, 2.75) is 78.7 Å². The molecular weight excluding hydrogens is 232 g/mol. The SMILES string of the molecule is CCCCCCC.Cc1cccc2c1OC(C)(C)C2. The molecular formula is C18H30O. The van der Waals surface area contributed by atoms with Crippen LogP contribution in [0.5, 0.6) is 5.75 Å². The van der Waals surface area contributed by atoms with Crippen molar-refractivity contribution in [2.75, 3.05) is 0 Å². The van der Waals surface area contributed by atoms with Gasteiger partial charge in [0, 0.05) is 6.42 Å². The van der Waals surface area contributed by atoms with E-state index in [1.165, 1.54) is 43.2 Å². The molecule has 1 heteroatoms. The molecule has 0 aromatic heterocycles. The molecule has 0 radical (unpaired) electrons. The fourth-order valence-electron chi connectivity index (χ4n) is 2.45. The highest BCUT2D eigenvalue weighted by molar-refractivity contribution is 5.44. The first-order valence-corrected chi connectivity index (χ1v) is 7.77. The predicted octanol–water partition coefficient (Wildman–Crippen LogP) is 5.69. The summed E-state index contributed by atoms with van der Waals surface area (Å²) in [7, 11) is 0. The minimum atomic E-state index is -0.00551. The van der Waals surface area contributed by atoms with E-state index in [9.17, 15) is 0 Å². The second-order valence-corrected chi connectivity index (χ2v) is 6.16. The lowest BCUT2D eigenvalue weighted by Crippen LogP contribution is -2.24. The molecule has 19 heavy (non-hydrogen) atoms. The van der Waals surface area contributed by atoms with Crippen molar-refractivity contribution in [3.05, 3.63) is 29.3 Å². The van der Waals surface area contributed by atoms with Gasteiger partial charge in [-0.15, -0.1) is 0 Å². The van der Waals surface area contributed by atoms with Crippen molar-refractivity contribution < 1.29 is 4.74 Å². The van der Waals surface area contributed by atoms with Crippen LogP contribution >= 0.6 is 0 Å². The van der Waals surface area contributed by atoms with E-state index in [0.717, 1.165) is 12.2 Å². The third-order valence-corrected chi connectivity index (χ3v) is 3.50. The zero-order valence-electron chi connectivity index (χ0n) is 13.4. The molecule has 1 nitrogen and oxygen atoms in total. The third kappa shape index (κ3) is 5.26. The average molecular weight is 262 g/mol. The number of aryl methyl sites for hydroxylation is 1. The molecule has 0 amide bonds. The maximum Gasteiger partial charge on any atom is 0.126 e. The first-order chi connectivity index (χ1) is 9.00. The molecule has 0 aliphatic carbocycles. The van der Waals surface area contributed by atoms with E-state index >= 15 is 0 Å². The summed E-state index contributed by atoms with van der Waals surface area (Å²) in [4.78, 5) is 0. The summed E-state index contributed by atoms with van der Waals surface area (Å²) in [6.45, 7) is 10.9. The van der Waals surface area contributed by atoms with Gasteiger partial charge in [-0.05, 0) is 31.9 Å². The van der Waals surface area contributed by atoms with Gasteiger partial charge in [-0.1, -0.05) is 64.2 Å². The lowest BCUT2D eigenvalue weighted by Gasteiger charge is -2.17. The van der Waals surface area contributed by atoms with Crippen LogP contribution in [-0.2, 0) is 6.42 Å². The average Bonchev–Trinajstić information content (AvgIpc) is 2.67. The van der Waals surface area contributed by atoms with Crippen molar-refractivity contribution in [3.63, 3.8) is 0 Å². The molecule has 0 bridgehead atoms. The number of unbranched alkanes of at least 4 members (excludes halogenated alkanes) is 4. The Morgan fingerprint density at radius 3 is 2.21 bits per heavy atom. The van der Waals surface area contributed by atoms with Crippen LogP contribution in [0.15, 0.2) is 18.2 Å². The van der Waals surface area contributed by atoms with Crippen molar-refractivity contribution in [3.8, 4) is 5.75 Å². The predicted molar refractivity (Wildman–Crippen MR) is 84.0 cm³/mol. The van der Waals surface area contributed by atoms with Crippen LogP contribution < -0.4 is 4.74 Å². The van der Waals surface area contributed by atoms with Gasteiger partial charge in [0.15, 0.2) is 0 Å². The van der Waals surface area contributed by atoms with E-state index in [1.807, 2.05) is 0 Å². The molecule has 0 fully saturated rings. The van der Waals surface area contributed by atoms with Gasteiger partial charge in [-0.3, -0.25) is 0 Å². The van der Waals surface area contributed by atoms with E-state index in [-0.39, 0.29) is 5.60 Å². The van der Waals surface area contributed by atoms with Crippen LogP contribution in [0.25, 0.3) is 0 Å². The maximum atomic E-state index is 5.83. The lowest BCUT2D eigenvalue weighted by atomic mass is 10.0. The Bertz CT molecular complexity index is 375. The summed E-state index contributed by atoms with van der Waals surface area (Å²) in [5.74, 6) is 1.10. The van der Waals surface area contributed by atoms with Crippen LogP contribution in [0, 0.1) is 6.92 Å². The van der Waals surface area contributed by atoms with Crippen LogP contribution in [0.3, 0.4) is 0 Å². The highest BCUT2D eigenvalue weighted by Crippen LogP contribution is 2.36. The quantitative estimate of drug-likeness (QED) is 0.634. The number of fused-ring (bicyclic) bond motifs is 1. The van der Waals surface area contributed by atoms with Gasteiger partial charge in [0.1, 0.15) is 11.4 Å². The second kappa shape index (κ2) is 7.57. The van der Waals surface area contributed by atoms with Crippen molar-refractivity contribution in [2.24, 2.45) is 0 Å². The van der Waals surface area contributed by atoms with E-state index in [2.05, 4.69) is 52.8 Å². The molecule has 1 aliphatic heterocycles. The van der Waals surface area contributed by atoms with E-state index in [1.54, 1.807) is 0 Å². The number of para-hydroxylation sites is 1. The Morgan fingerprint density at radius 2 is 1.68 bits per heavy atom. The second-order valence-electron chi connectivity index (χ2n) is 6.16. The third-order valence-electron chi connectivity index (χ3n) is 3.50. The molecule has 1 aromatic carbocycles. The summed E-state index contributed by atoms with van der Waals surface area (Å²) in [5.41, 5.74) is 2.59. The Morgan fingerprint density at radius 1 is 1.05 bits per heavy atom. The molecule has 1 aliphatic rings. The largest absolute Gasteiger partial charge is 0.487 e.